The maximum Gasteiger partial charge on any atom is 0.160 e. The molecule has 0 aromatic carbocycles. The average molecular weight is 320 g/mol. The SMILES string of the molecule is CCCCOCCOCCOC(OCCOCCC)C(C)C. The summed E-state index contributed by atoms with van der Waals surface area (Å²) in [6, 6.07) is 0. The van der Waals surface area contributed by atoms with Gasteiger partial charge in [-0.1, -0.05) is 34.1 Å². The van der Waals surface area contributed by atoms with Crippen molar-refractivity contribution in [1.29, 1.82) is 0 Å². The number of hydrogen-bond donors (Lipinski definition) is 0. The molecule has 5 nitrogen and oxygen atoms in total. The van der Waals surface area contributed by atoms with Crippen molar-refractivity contribution in [2.45, 2.75) is 53.2 Å². The second-order valence-electron chi connectivity index (χ2n) is 5.54. The van der Waals surface area contributed by atoms with Crippen LogP contribution >= 0.6 is 0 Å². The monoisotopic (exact) mass is 320 g/mol. The van der Waals surface area contributed by atoms with Gasteiger partial charge in [0.15, 0.2) is 6.29 Å². The quantitative estimate of drug-likeness (QED) is 0.304. The zero-order valence-electron chi connectivity index (χ0n) is 15.0. The minimum absolute atomic E-state index is 0.199. The molecule has 0 saturated heterocycles. The first-order valence-corrected chi connectivity index (χ1v) is 8.68. The summed E-state index contributed by atoms with van der Waals surface area (Å²) in [5.74, 6) is 0.309. The van der Waals surface area contributed by atoms with Gasteiger partial charge in [0.25, 0.3) is 0 Å². The van der Waals surface area contributed by atoms with Crippen molar-refractivity contribution in [3.63, 3.8) is 0 Å². The van der Waals surface area contributed by atoms with Crippen LogP contribution in [0.25, 0.3) is 0 Å². The molecular formula is C17H36O5. The number of unbranched alkanes of at least 4 members (excludes halogenated alkanes) is 1. The van der Waals surface area contributed by atoms with Crippen LogP contribution in [0.1, 0.15) is 47.0 Å². The third kappa shape index (κ3) is 14.7. The highest BCUT2D eigenvalue weighted by Crippen LogP contribution is 2.08. The van der Waals surface area contributed by atoms with Gasteiger partial charge in [-0.2, -0.15) is 0 Å². The van der Waals surface area contributed by atoms with E-state index in [1.165, 1.54) is 0 Å². The molecule has 0 heterocycles. The molecule has 0 aliphatic carbocycles. The highest BCUT2D eigenvalue weighted by Gasteiger charge is 2.13. The second kappa shape index (κ2) is 17.2. The summed E-state index contributed by atoms with van der Waals surface area (Å²) in [6.07, 6.45) is 3.10. The summed E-state index contributed by atoms with van der Waals surface area (Å²) in [4.78, 5) is 0. The van der Waals surface area contributed by atoms with Gasteiger partial charge in [0.05, 0.1) is 39.6 Å². The molecule has 1 atom stereocenters. The van der Waals surface area contributed by atoms with Crippen LogP contribution in [0.3, 0.4) is 0 Å². The average Bonchev–Trinajstić information content (AvgIpc) is 2.50. The van der Waals surface area contributed by atoms with Gasteiger partial charge in [-0.15, -0.1) is 0 Å². The molecule has 0 spiro atoms. The zero-order chi connectivity index (χ0) is 16.5. The largest absolute Gasteiger partial charge is 0.379 e. The Labute approximate surface area is 136 Å². The van der Waals surface area contributed by atoms with Gasteiger partial charge in [0, 0.05) is 19.1 Å². The first-order chi connectivity index (χ1) is 10.7. The Kier molecular flexibility index (Phi) is 17.0. The van der Waals surface area contributed by atoms with Crippen molar-refractivity contribution in [2.24, 2.45) is 5.92 Å². The third-order valence-corrected chi connectivity index (χ3v) is 2.93. The fourth-order valence-electron chi connectivity index (χ4n) is 1.69. The Morgan fingerprint density at radius 2 is 1.09 bits per heavy atom. The van der Waals surface area contributed by atoms with Gasteiger partial charge in [-0.05, 0) is 12.8 Å². The summed E-state index contributed by atoms with van der Waals surface area (Å²) in [5.41, 5.74) is 0. The van der Waals surface area contributed by atoms with Crippen molar-refractivity contribution < 1.29 is 23.7 Å². The third-order valence-electron chi connectivity index (χ3n) is 2.93. The van der Waals surface area contributed by atoms with Gasteiger partial charge >= 0.3 is 0 Å². The number of ether oxygens (including phenoxy) is 5. The van der Waals surface area contributed by atoms with E-state index in [9.17, 15) is 0 Å². The van der Waals surface area contributed by atoms with E-state index in [1.807, 2.05) is 0 Å². The lowest BCUT2D eigenvalue weighted by Gasteiger charge is -2.22. The van der Waals surface area contributed by atoms with E-state index >= 15 is 0 Å². The molecular weight excluding hydrogens is 284 g/mol. The Bertz CT molecular complexity index is 211. The summed E-state index contributed by atoms with van der Waals surface area (Å²) in [7, 11) is 0. The molecule has 0 aliphatic heterocycles. The molecule has 22 heavy (non-hydrogen) atoms. The topological polar surface area (TPSA) is 46.2 Å². The van der Waals surface area contributed by atoms with E-state index in [0.717, 1.165) is 32.5 Å². The lowest BCUT2D eigenvalue weighted by Crippen LogP contribution is -2.27. The highest BCUT2D eigenvalue weighted by atomic mass is 16.7. The van der Waals surface area contributed by atoms with Crippen molar-refractivity contribution in [3.05, 3.63) is 0 Å². The Morgan fingerprint density at radius 3 is 1.59 bits per heavy atom. The lowest BCUT2D eigenvalue weighted by atomic mass is 10.2. The van der Waals surface area contributed by atoms with Crippen LogP contribution in [0.2, 0.25) is 0 Å². The summed E-state index contributed by atoms with van der Waals surface area (Å²) in [5, 5.41) is 0. The molecule has 5 heteroatoms. The smallest absolute Gasteiger partial charge is 0.160 e. The Hall–Kier alpha value is -0.200. The number of rotatable bonds is 17. The molecule has 0 bridgehead atoms. The van der Waals surface area contributed by atoms with Gasteiger partial charge < -0.3 is 23.7 Å². The molecule has 134 valence electrons. The summed E-state index contributed by atoms with van der Waals surface area (Å²) >= 11 is 0. The second-order valence-corrected chi connectivity index (χ2v) is 5.54. The number of hydrogen-bond acceptors (Lipinski definition) is 5. The highest BCUT2D eigenvalue weighted by molar-refractivity contribution is 4.51. The first-order valence-electron chi connectivity index (χ1n) is 8.68. The molecule has 1 unspecified atom stereocenters. The molecule has 0 rings (SSSR count). The van der Waals surface area contributed by atoms with Crippen molar-refractivity contribution in [3.8, 4) is 0 Å². The van der Waals surface area contributed by atoms with Gasteiger partial charge in [-0.25, -0.2) is 0 Å². The van der Waals surface area contributed by atoms with E-state index < -0.39 is 0 Å². The standard InChI is InChI=1S/C17H36O5/c1-5-7-9-19-10-11-20-13-15-22-17(16(3)4)21-14-12-18-8-6-2/h16-17H,5-15H2,1-4H3. The van der Waals surface area contributed by atoms with E-state index in [-0.39, 0.29) is 6.29 Å². The fraction of sp³-hybridized carbons (Fsp3) is 1.00. The Balaban J connectivity index is 3.45. The van der Waals surface area contributed by atoms with Crippen LogP contribution in [0.4, 0.5) is 0 Å². The molecule has 0 N–H and O–H groups in total. The minimum atomic E-state index is -0.199. The summed E-state index contributed by atoms with van der Waals surface area (Å²) in [6.45, 7) is 13.6. The van der Waals surface area contributed by atoms with Gasteiger partial charge in [0.1, 0.15) is 0 Å². The molecule has 0 amide bonds. The van der Waals surface area contributed by atoms with E-state index in [0.29, 0.717) is 45.6 Å². The van der Waals surface area contributed by atoms with Crippen molar-refractivity contribution in [1.82, 2.24) is 0 Å². The van der Waals surface area contributed by atoms with E-state index in [1.54, 1.807) is 0 Å². The molecule has 0 radical (unpaired) electrons. The summed E-state index contributed by atoms with van der Waals surface area (Å²) < 4.78 is 27.7. The molecule has 0 aromatic rings. The van der Waals surface area contributed by atoms with E-state index in [2.05, 4.69) is 27.7 Å². The van der Waals surface area contributed by atoms with Crippen LogP contribution in [0.15, 0.2) is 0 Å². The minimum Gasteiger partial charge on any atom is -0.379 e. The molecule has 0 aromatic heterocycles. The predicted molar refractivity (Wildman–Crippen MR) is 88.2 cm³/mol. The van der Waals surface area contributed by atoms with Crippen LogP contribution < -0.4 is 0 Å². The normalized spacial score (nSPS) is 13.0. The maximum absolute atomic E-state index is 5.71. The molecule has 0 fully saturated rings. The zero-order valence-corrected chi connectivity index (χ0v) is 15.0. The van der Waals surface area contributed by atoms with Gasteiger partial charge in [0.2, 0.25) is 0 Å². The van der Waals surface area contributed by atoms with E-state index in [4.69, 9.17) is 23.7 Å². The van der Waals surface area contributed by atoms with Crippen molar-refractivity contribution in [2.75, 3.05) is 52.9 Å². The Morgan fingerprint density at radius 1 is 0.591 bits per heavy atom. The van der Waals surface area contributed by atoms with Gasteiger partial charge in [-0.3, -0.25) is 0 Å². The molecule has 0 saturated carbocycles. The maximum atomic E-state index is 5.71. The van der Waals surface area contributed by atoms with Crippen LogP contribution in [-0.4, -0.2) is 59.1 Å². The molecule has 0 aliphatic rings. The fourth-order valence-corrected chi connectivity index (χ4v) is 1.69. The lowest BCUT2D eigenvalue weighted by molar-refractivity contribution is -0.179. The van der Waals surface area contributed by atoms with Crippen LogP contribution in [0, 0.1) is 5.92 Å². The predicted octanol–water partition coefficient (Wildman–Crippen LogP) is 3.26. The van der Waals surface area contributed by atoms with Crippen LogP contribution in [0.5, 0.6) is 0 Å². The van der Waals surface area contributed by atoms with Crippen LogP contribution in [-0.2, 0) is 23.7 Å². The van der Waals surface area contributed by atoms with Crippen molar-refractivity contribution >= 4 is 0 Å². The first kappa shape index (κ1) is 21.8.